The van der Waals surface area contributed by atoms with Crippen LogP contribution in [0.1, 0.15) is 20.8 Å². The molecule has 0 saturated carbocycles. The quantitative estimate of drug-likeness (QED) is 0.529. The van der Waals surface area contributed by atoms with Crippen LogP contribution in [0.3, 0.4) is 0 Å². The Kier molecular flexibility index (Phi) is 7.74. The number of amides is 3. The van der Waals surface area contributed by atoms with Crippen molar-refractivity contribution in [2.75, 3.05) is 39.9 Å². The van der Waals surface area contributed by atoms with E-state index in [4.69, 9.17) is 4.74 Å². The van der Waals surface area contributed by atoms with Crippen LogP contribution in [0.25, 0.3) is 0 Å². The maximum absolute atomic E-state index is 12.5. The molecule has 1 aliphatic heterocycles. The van der Waals surface area contributed by atoms with Crippen LogP contribution in [0.4, 0.5) is 0 Å². The zero-order valence-corrected chi connectivity index (χ0v) is 14.4. The van der Waals surface area contributed by atoms with Gasteiger partial charge in [-0.15, -0.1) is 0 Å². The summed E-state index contributed by atoms with van der Waals surface area (Å²) in [6.07, 6.45) is 2.33. The molecule has 0 aromatic rings. The zero-order chi connectivity index (χ0) is 17.4. The van der Waals surface area contributed by atoms with E-state index in [1.807, 2.05) is 19.9 Å². The molecular weight excluding hydrogens is 298 g/mol. The van der Waals surface area contributed by atoms with Gasteiger partial charge in [-0.3, -0.25) is 14.4 Å². The van der Waals surface area contributed by atoms with Crippen molar-refractivity contribution in [2.24, 2.45) is 5.92 Å². The summed E-state index contributed by atoms with van der Waals surface area (Å²) in [4.78, 5) is 38.2. The Bertz CT molecular complexity index is 456. The highest BCUT2D eigenvalue weighted by molar-refractivity contribution is 5.93. The lowest BCUT2D eigenvalue weighted by Crippen LogP contribution is -2.44. The van der Waals surface area contributed by atoms with Crippen molar-refractivity contribution in [3.63, 3.8) is 0 Å². The fourth-order valence-electron chi connectivity index (χ4n) is 2.51. The molecule has 0 aromatic heterocycles. The lowest BCUT2D eigenvalue weighted by molar-refractivity contribution is -0.132. The van der Waals surface area contributed by atoms with Gasteiger partial charge >= 0.3 is 0 Å². The van der Waals surface area contributed by atoms with E-state index in [0.29, 0.717) is 38.3 Å². The number of morpholine rings is 1. The van der Waals surface area contributed by atoms with Gasteiger partial charge in [0.2, 0.25) is 18.2 Å². The van der Waals surface area contributed by atoms with Gasteiger partial charge in [0.15, 0.2) is 0 Å². The molecule has 1 fully saturated rings. The van der Waals surface area contributed by atoms with E-state index in [9.17, 15) is 14.4 Å². The van der Waals surface area contributed by atoms with Crippen LogP contribution in [0.15, 0.2) is 11.6 Å². The third-order valence-electron chi connectivity index (χ3n) is 3.92. The lowest BCUT2D eigenvalue weighted by Gasteiger charge is -2.31. The van der Waals surface area contributed by atoms with Crippen molar-refractivity contribution in [3.8, 4) is 0 Å². The van der Waals surface area contributed by atoms with Gasteiger partial charge in [-0.2, -0.15) is 0 Å². The number of carbonyl (C=O) groups excluding carboxylic acids is 3. The summed E-state index contributed by atoms with van der Waals surface area (Å²) in [6.45, 7) is 8.01. The predicted octanol–water partition coefficient (Wildman–Crippen LogP) is 0.0205. The minimum absolute atomic E-state index is 0.0224. The van der Waals surface area contributed by atoms with Crippen molar-refractivity contribution >= 4 is 18.2 Å². The Balaban J connectivity index is 2.81. The molecule has 130 valence electrons. The zero-order valence-electron chi connectivity index (χ0n) is 14.4. The van der Waals surface area contributed by atoms with Crippen LogP contribution in [0.2, 0.25) is 0 Å². The molecule has 23 heavy (non-hydrogen) atoms. The molecule has 7 heteroatoms. The smallest absolute Gasteiger partial charge is 0.249 e. The number of likely N-dealkylation sites (N-methyl/N-ethyl adjacent to an activating group) is 1. The highest BCUT2D eigenvalue weighted by Gasteiger charge is 2.24. The molecule has 1 rings (SSSR count). The van der Waals surface area contributed by atoms with Gasteiger partial charge in [0.05, 0.1) is 25.8 Å². The second-order valence-corrected chi connectivity index (χ2v) is 5.99. The van der Waals surface area contributed by atoms with E-state index in [-0.39, 0.29) is 30.3 Å². The molecule has 1 heterocycles. The van der Waals surface area contributed by atoms with Gasteiger partial charge < -0.3 is 19.9 Å². The van der Waals surface area contributed by atoms with Crippen molar-refractivity contribution in [2.45, 2.75) is 26.8 Å². The van der Waals surface area contributed by atoms with Gasteiger partial charge in [0.1, 0.15) is 0 Å². The highest BCUT2D eigenvalue weighted by Crippen LogP contribution is 2.15. The number of carbonyl (C=O) groups is 3. The normalized spacial score (nSPS) is 16.9. The summed E-state index contributed by atoms with van der Waals surface area (Å²) in [5.41, 5.74) is 0.619. The maximum Gasteiger partial charge on any atom is 0.249 e. The number of hydrogen-bond donors (Lipinski definition) is 1. The number of nitrogens with zero attached hydrogens (tertiary/aromatic N) is 2. The van der Waals surface area contributed by atoms with Crippen LogP contribution in [-0.2, 0) is 19.1 Å². The fraction of sp³-hybridized carbons (Fsp3) is 0.688. The lowest BCUT2D eigenvalue weighted by atomic mass is 9.99. The molecule has 0 aromatic carbocycles. The molecule has 7 nitrogen and oxygen atoms in total. The topological polar surface area (TPSA) is 79.0 Å². The molecule has 3 amide bonds. The largest absolute Gasteiger partial charge is 0.378 e. The molecule has 0 unspecified atom stereocenters. The van der Waals surface area contributed by atoms with Gasteiger partial charge in [0, 0.05) is 25.7 Å². The van der Waals surface area contributed by atoms with Crippen LogP contribution >= 0.6 is 0 Å². The standard InChI is InChI=1S/C16H27N3O4/c1-12(2)14(18(4)15(21)10-17-11-20)9-13(3)16(22)19-5-7-23-8-6-19/h9,11-12,14H,5-8,10H2,1-4H3,(H,17,20)/b13-9+/t14-/m1/s1. The van der Waals surface area contributed by atoms with Crippen LogP contribution in [-0.4, -0.2) is 74.0 Å². The molecular formula is C16H27N3O4. The van der Waals surface area contributed by atoms with E-state index < -0.39 is 0 Å². The Morgan fingerprint density at radius 1 is 1.30 bits per heavy atom. The van der Waals surface area contributed by atoms with Gasteiger partial charge in [-0.05, 0) is 12.8 Å². The monoisotopic (exact) mass is 325 g/mol. The summed E-state index contributed by atoms with van der Waals surface area (Å²) >= 11 is 0. The van der Waals surface area contributed by atoms with E-state index in [0.717, 1.165) is 0 Å². The Morgan fingerprint density at radius 3 is 2.43 bits per heavy atom. The molecule has 1 aliphatic rings. The molecule has 0 radical (unpaired) electrons. The average molecular weight is 325 g/mol. The molecule has 0 aliphatic carbocycles. The summed E-state index contributed by atoms with van der Waals surface area (Å²) in [6, 6.07) is -0.207. The Morgan fingerprint density at radius 2 is 1.91 bits per heavy atom. The molecule has 0 bridgehead atoms. The van der Waals surface area contributed by atoms with E-state index in [2.05, 4.69) is 5.32 Å². The van der Waals surface area contributed by atoms with Gasteiger partial charge in [-0.25, -0.2) is 0 Å². The average Bonchev–Trinajstić information content (AvgIpc) is 2.56. The minimum Gasteiger partial charge on any atom is -0.378 e. The third kappa shape index (κ3) is 5.67. The Hall–Kier alpha value is -1.89. The minimum atomic E-state index is -0.207. The first-order valence-electron chi connectivity index (χ1n) is 7.86. The van der Waals surface area contributed by atoms with Crippen molar-refractivity contribution < 1.29 is 19.1 Å². The first-order valence-corrected chi connectivity index (χ1v) is 7.86. The maximum atomic E-state index is 12.5. The van der Waals surface area contributed by atoms with Gasteiger partial charge in [-0.1, -0.05) is 19.9 Å². The summed E-state index contributed by atoms with van der Waals surface area (Å²) < 4.78 is 5.25. The first-order chi connectivity index (χ1) is 10.9. The Labute approximate surface area is 137 Å². The fourth-order valence-corrected chi connectivity index (χ4v) is 2.51. The number of ether oxygens (including phenoxy) is 1. The number of nitrogens with one attached hydrogen (secondary N) is 1. The molecule has 1 saturated heterocycles. The summed E-state index contributed by atoms with van der Waals surface area (Å²) in [5.74, 6) is -0.0721. The summed E-state index contributed by atoms with van der Waals surface area (Å²) in [7, 11) is 1.68. The van der Waals surface area contributed by atoms with E-state index in [1.54, 1.807) is 23.8 Å². The van der Waals surface area contributed by atoms with Crippen molar-refractivity contribution in [1.82, 2.24) is 15.1 Å². The second kappa shape index (κ2) is 9.29. The molecule has 1 N–H and O–H groups in total. The predicted molar refractivity (Wildman–Crippen MR) is 86.6 cm³/mol. The van der Waals surface area contributed by atoms with E-state index >= 15 is 0 Å². The van der Waals surface area contributed by atoms with Crippen LogP contribution < -0.4 is 5.32 Å². The van der Waals surface area contributed by atoms with Crippen LogP contribution in [0, 0.1) is 5.92 Å². The SMILES string of the molecule is C/C(=C\[C@H](C(C)C)N(C)C(=O)CNC=O)C(=O)N1CCOCC1. The van der Waals surface area contributed by atoms with Crippen LogP contribution in [0.5, 0.6) is 0 Å². The number of hydrogen-bond acceptors (Lipinski definition) is 4. The van der Waals surface area contributed by atoms with Crippen molar-refractivity contribution in [3.05, 3.63) is 11.6 Å². The highest BCUT2D eigenvalue weighted by atomic mass is 16.5. The first kappa shape index (κ1) is 19.2. The van der Waals surface area contributed by atoms with Crippen molar-refractivity contribution in [1.29, 1.82) is 0 Å². The second-order valence-electron chi connectivity index (χ2n) is 5.99. The number of rotatable bonds is 7. The third-order valence-corrected chi connectivity index (χ3v) is 3.92. The summed E-state index contributed by atoms with van der Waals surface area (Å²) in [5, 5.41) is 2.37. The molecule has 1 atom stereocenters. The molecule has 0 spiro atoms. The van der Waals surface area contributed by atoms with Gasteiger partial charge in [0.25, 0.3) is 0 Å². The van der Waals surface area contributed by atoms with E-state index in [1.165, 1.54) is 0 Å².